The molecule has 7 nitrogen and oxygen atoms in total. The van der Waals surface area contributed by atoms with Crippen molar-refractivity contribution < 1.29 is 23.2 Å². The van der Waals surface area contributed by atoms with E-state index in [2.05, 4.69) is 11.0 Å². The summed E-state index contributed by atoms with van der Waals surface area (Å²) in [5.41, 5.74) is 5.74. The fraction of sp³-hybridized carbons (Fsp3) is 0.480. The van der Waals surface area contributed by atoms with Crippen LogP contribution in [0.2, 0.25) is 0 Å². The van der Waals surface area contributed by atoms with Gasteiger partial charge in [-0.25, -0.2) is 13.9 Å². The molecule has 1 aliphatic heterocycles. The molecule has 1 aliphatic rings. The second-order valence-electron chi connectivity index (χ2n) is 8.60. The first-order valence-corrected chi connectivity index (χ1v) is 13.3. The number of morpholine rings is 1. The Labute approximate surface area is 196 Å². The van der Waals surface area contributed by atoms with Crippen molar-refractivity contribution in [2.45, 2.75) is 37.9 Å². The van der Waals surface area contributed by atoms with Gasteiger partial charge in [0.2, 0.25) is 5.91 Å². The Morgan fingerprint density at radius 2 is 1.58 bits per heavy atom. The maximum Gasteiger partial charge on any atom is 0.247 e. The number of carbonyl (C=O) groups is 1. The van der Waals surface area contributed by atoms with Gasteiger partial charge in [0, 0.05) is 19.6 Å². The lowest BCUT2D eigenvalue weighted by Gasteiger charge is -2.26. The summed E-state index contributed by atoms with van der Waals surface area (Å²) in [6.07, 6.45) is 4.06. The lowest BCUT2D eigenvalue weighted by molar-refractivity contribution is -0.128. The molecule has 2 N–H and O–H groups in total. The molecule has 0 saturated carbocycles. The minimum atomic E-state index is -3.15. The monoisotopic (exact) mass is 474 g/mol. The molecule has 0 bridgehead atoms. The molecule has 8 heteroatoms. The van der Waals surface area contributed by atoms with Crippen LogP contribution in [0.25, 0.3) is 0 Å². The summed E-state index contributed by atoms with van der Waals surface area (Å²) in [4.78, 5) is 13.4. The summed E-state index contributed by atoms with van der Waals surface area (Å²) < 4.78 is 30.5. The standard InChI is InChI=1S/C25H34N2O5S/c28-25(26-29)19-23-10-8-21(9-11-23)4-1-2-5-22-6-3-7-24(18-22)20-33(30,31)17-14-27-12-15-32-16-13-27/h3,6-11,18,29H,1-2,4-5,12-17,19-20H2,(H,26,28). The van der Waals surface area contributed by atoms with Crippen molar-refractivity contribution in [1.82, 2.24) is 10.4 Å². The van der Waals surface area contributed by atoms with Gasteiger partial charge in [-0.2, -0.15) is 0 Å². The Balaban J connectivity index is 1.41. The van der Waals surface area contributed by atoms with Crippen molar-refractivity contribution in [3.05, 3.63) is 70.8 Å². The number of ether oxygens (including phenoxy) is 1. The van der Waals surface area contributed by atoms with Crippen LogP contribution in [0.3, 0.4) is 0 Å². The smallest absolute Gasteiger partial charge is 0.247 e. The highest BCUT2D eigenvalue weighted by Crippen LogP contribution is 2.14. The molecule has 33 heavy (non-hydrogen) atoms. The summed E-state index contributed by atoms with van der Waals surface area (Å²) >= 11 is 0. The number of unbranched alkanes of at least 4 members (excludes halogenated alkanes) is 1. The minimum Gasteiger partial charge on any atom is -0.379 e. The molecule has 0 atom stereocenters. The predicted octanol–water partition coefficient (Wildman–Crippen LogP) is 2.55. The molecule has 2 aromatic carbocycles. The first kappa shape index (κ1) is 25.4. The van der Waals surface area contributed by atoms with E-state index in [1.165, 1.54) is 11.1 Å². The predicted molar refractivity (Wildman–Crippen MR) is 128 cm³/mol. The largest absolute Gasteiger partial charge is 0.379 e. The van der Waals surface area contributed by atoms with Gasteiger partial charge < -0.3 is 4.74 Å². The normalized spacial score (nSPS) is 14.8. The average Bonchev–Trinajstić information content (AvgIpc) is 2.82. The zero-order valence-corrected chi connectivity index (χ0v) is 19.9. The Morgan fingerprint density at radius 1 is 0.939 bits per heavy atom. The molecule has 0 radical (unpaired) electrons. The van der Waals surface area contributed by atoms with Crippen LogP contribution < -0.4 is 5.48 Å². The summed E-state index contributed by atoms with van der Waals surface area (Å²) in [6.45, 7) is 3.53. The third-order valence-electron chi connectivity index (χ3n) is 5.89. The number of hydrogen-bond acceptors (Lipinski definition) is 6. The van der Waals surface area contributed by atoms with Gasteiger partial charge in [-0.05, 0) is 47.9 Å². The quantitative estimate of drug-likeness (QED) is 0.279. The van der Waals surface area contributed by atoms with Gasteiger partial charge in [0.15, 0.2) is 9.84 Å². The molecule has 0 aliphatic carbocycles. The number of benzene rings is 2. The third-order valence-corrected chi connectivity index (χ3v) is 7.47. The molecule has 1 fully saturated rings. The molecule has 0 spiro atoms. The van der Waals surface area contributed by atoms with Crippen LogP contribution >= 0.6 is 0 Å². The maximum absolute atomic E-state index is 12.6. The zero-order chi connectivity index (χ0) is 23.5. The van der Waals surface area contributed by atoms with Gasteiger partial charge >= 0.3 is 0 Å². The molecule has 1 heterocycles. The average molecular weight is 475 g/mol. The number of hydroxylamine groups is 1. The van der Waals surface area contributed by atoms with Crippen molar-refractivity contribution in [3.63, 3.8) is 0 Å². The lowest BCUT2D eigenvalue weighted by Crippen LogP contribution is -2.39. The van der Waals surface area contributed by atoms with Crippen LogP contribution in [0, 0.1) is 0 Å². The van der Waals surface area contributed by atoms with Gasteiger partial charge in [-0.15, -0.1) is 0 Å². The van der Waals surface area contributed by atoms with Gasteiger partial charge in [-0.3, -0.25) is 14.9 Å². The van der Waals surface area contributed by atoms with Gasteiger partial charge in [0.05, 0.1) is 31.1 Å². The van der Waals surface area contributed by atoms with E-state index in [9.17, 15) is 13.2 Å². The highest BCUT2D eigenvalue weighted by Gasteiger charge is 2.17. The van der Waals surface area contributed by atoms with E-state index in [1.807, 2.05) is 42.5 Å². The van der Waals surface area contributed by atoms with Crippen LogP contribution in [0.15, 0.2) is 48.5 Å². The van der Waals surface area contributed by atoms with Crippen molar-refractivity contribution in [2.24, 2.45) is 0 Å². The number of nitrogens with one attached hydrogen (secondary N) is 1. The Morgan fingerprint density at radius 3 is 2.27 bits per heavy atom. The first-order valence-electron chi connectivity index (χ1n) is 11.5. The summed E-state index contributed by atoms with van der Waals surface area (Å²) in [5.74, 6) is -0.151. The van der Waals surface area contributed by atoms with E-state index >= 15 is 0 Å². The molecular weight excluding hydrogens is 440 g/mol. The Bertz CT molecular complexity index is 986. The van der Waals surface area contributed by atoms with E-state index in [4.69, 9.17) is 9.94 Å². The fourth-order valence-electron chi connectivity index (χ4n) is 4.00. The fourth-order valence-corrected chi connectivity index (χ4v) is 5.37. The molecule has 3 rings (SSSR count). The van der Waals surface area contributed by atoms with Crippen molar-refractivity contribution >= 4 is 15.7 Å². The van der Waals surface area contributed by atoms with Crippen LogP contribution in [-0.2, 0) is 44.4 Å². The molecule has 180 valence electrons. The number of aryl methyl sites for hydroxylation is 2. The van der Waals surface area contributed by atoms with E-state index < -0.39 is 15.7 Å². The topological polar surface area (TPSA) is 95.9 Å². The second kappa shape index (κ2) is 12.8. The van der Waals surface area contributed by atoms with E-state index in [0.717, 1.165) is 49.9 Å². The maximum atomic E-state index is 12.6. The van der Waals surface area contributed by atoms with Crippen LogP contribution in [0.4, 0.5) is 0 Å². The van der Waals surface area contributed by atoms with Crippen molar-refractivity contribution in [1.29, 1.82) is 0 Å². The lowest BCUT2D eigenvalue weighted by atomic mass is 10.0. The molecule has 2 aromatic rings. The molecule has 0 unspecified atom stereocenters. The number of nitrogens with zero attached hydrogens (tertiary/aromatic N) is 1. The summed E-state index contributed by atoms with van der Waals surface area (Å²) in [6, 6.07) is 15.8. The van der Waals surface area contributed by atoms with Crippen LogP contribution in [-0.4, -0.2) is 63.0 Å². The number of rotatable bonds is 12. The molecular formula is C25H34N2O5S. The van der Waals surface area contributed by atoms with Gasteiger partial charge in [-0.1, -0.05) is 48.5 Å². The highest BCUT2D eigenvalue weighted by molar-refractivity contribution is 7.90. The van der Waals surface area contributed by atoms with E-state index in [0.29, 0.717) is 19.8 Å². The molecule has 0 aromatic heterocycles. The Hall–Kier alpha value is -2.26. The number of sulfone groups is 1. The second-order valence-corrected chi connectivity index (χ2v) is 10.8. The number of carbonyl (C=O) groups excluding carboxylic acids is 1. The minimum absolute atomic E-state index is 0.0891. The van der Waals surface area contributed by atoms with Crippen molar-refractivity contribution in [3.8, 4) is 0 Å². The highest BCUT2D eigenvalue weighted by atomic mass is 32.2. The number of hydrogen-bond donors (Lipinski definition) is 2. The van der Waals surface area contributed by atoms with E-state index in [1.54, 1.807) is 5.48 Å². The van der Waals surface area contributed by atoms with Gasteiger partial charge in [0.1, 0.15) is 0 Å². The van der Waals surface area contributed by atoms with E-state index in [-0.39, 0.29) is 17.9 Å². The van der Waals surface area contributed by atoms with Gasteiger partial charge in [0.25, 0.3) is 0 Å². The SMILES string of the molecule is O=C(Cc1ccc(CCCCc2cccc(CS(=O)(=O)CCN3CCOCC3)c2)cc1)NO. The number of amides is 1. The molecule has 1 amide bonds. The van der Waals surface area contributed by atoms with Crippen LogP contribution in [0.5, 0.6) is 0 Å². The third kappa shape index (κ3) is 9.25. The van der Waals surface area contributed by atoms with Crippen LogP contribution in [0.1, 0.15) is 35.1 Å². The first-order chi connectivity index (χ1) is 15.9. The Kier molecular flexibility index (Phi) is 9.87. The molecule has 1 saturated heterocycles. The summed E-state index contributed by atoms with van der Waals surface area (Å²) in [7, 11) is -3.15. The zero-order valence-electron chi connectivity index (χ0n) is 19.0. The summed E-state index contributed by atoms with van der Waals surface area (Å²) in [5, 5.41) is 8.60. The van der Waals surface area contributed by atoms with Crippen molar-refractivity contribution in [2.75, 3.05) is 38.6 Å².